The van der Waals surface area contributed by atoms with Crippen LogP contribution in [0.5, 0.6) is 5.75 Å². The summed E-state index contributed by atoms with van der Waals surface area (Å²) >= 11 is 0. The molecule has 0 spiro atoms. The second-order valence-corrected chi connectivity index (χ2v) is 2.85. The number of nitrogens with two attached hydrogens (primary N) is 2. The molecule has 3 nitrogen and oxygen atoms in total. The van der Waals surface area contributed by atoms with Crippen LogP contribution in [0.3, 0.4) is 0 Å². The van der Waals surface area contributed by atoms with Crippen molar-refractivity contribution >= 4 is 0 Å². The van der Waals surface area contributed by atoms with E-state index in [1.54, 1.807) is 0 Å². The maximum absolute atomic E-state index is 13.3. The van der Waals surface area contributed by atoms with Crippen LogP contribution in [0.4, 0.5) is 8.78 Å². The molecule has 1 rings (SSSR count). The second kappa shape index (κ2) is 4.34. The van der Waals surface area contributed by atoms with Crippen LogP contribution in [0.25, 0.3) is 0 Å². The topological polar surface area (TPSA) is 61.3 Å². The minimum Gasteiger partial charge on any atom is -0.494 e. The van der Waals surface area contributed by atoms with Gasteiger partial charge in [-0.1, -0.05) is 0 Å². The van der Waals surface area contributed by atoms with Crippen LogP contribution in [0, 0.1) is 11.6 Å². The van der Waals surface area contributed by atoms with Gasteiger partial charge in [0.2, 0.25) is 0 Å². The summed E-state index contributed by atoms with van der Waals surface area (Å²) in [6, 6.07) is 1.27. The Morgan fingerprint density at radius 1 is 1.36 bits per heavy atom. The molecule has 4 N–H and O–H groups in total. The van der Waals surface area contributed by atoms with Gasteiger partial charge in [-0.25, -0.2) is 8.78 Å². The van der Waals surface area contributed by atoms with Crippen molar-refractivity contribution in [3.63, 3.8) is 0 Å². The summed E-state index contributed by atoms with van der Waals surface area (Å²) in [6.07, 6.45) is 0. The van der Waals surface area contributed by atoms with E-state index in [2.05, 4.69) is 4.74 Å². The molecule has 0 aliphatic rings. The third-order valence-electron chi connectivity index (χ3n) is 1.92. The summed E-state index contributed by atoms with van der Waals surface area (Å²) in [7, 11) is 1.26. The van der Waals surface area contributed by atoms with Gasteiger partial charge < -0.3 is 16.2 Å². The van der Waals surface area contributed by atoms with Gasteiger partial charge in [0.1, 0.15) is 5.82 Å². The highest BCUT2D eigenvalue weighted by atomic mass is 19.1. The van der Waals surface area contributed by atoms with E-state index in [1.165, 1.54) is 7.11 Å². The molecule has 1 atom stereocenters. The molecule has 1 aromatic rings. The van der Waals surface area contributed by atoms with Gasteiger partial charge in [0.25, 0.3) is 0 Å². The smallest absolute Gasteiger partial charge is 0.165 e. The lowest BCUT2D eigenvalue weighted by Crippen LogP contribution is -2.22. The fraction of sp³-hybridized carbons (Fsp3) is 0.333. The summed E-state index contributed by atoms with van der Waals surface area (Å²) in [5.74, 6) is -1.40. The molecular weight excluding hydrogens is 190 g/mol. The van der Waals surface area contributed by atoms with Crippen molar-refractivity contribution in [1.29, 1.82) is 0 Å². The minimum atomic E-state index is -0.699. The van der Waals surface area contributed by atoms with Crippen LogP contribution < -0.4 is 16.2 Å². The van der Waals surface area contributed by atoms with Gasteiger partial charge in [-0.15, -0.1) is 0 Å². The van der Waals surface area contributed by atoms with Gasteiger partial charge in [-0.05, 0) is 6.07 Å². The highest BCUT2D eigenvalue weighted by Crippen LogP contribution is 2.23. The predicted molar refractivity (Wildman–Crippen MR) is 48.9 cm³/mol. The van der Waals surface area contributed by atoms with Crippen LogP contribution in [0.1, 0.15) is 11.6 Å². The van der Waals surface area contributed by atoms with E-state index >= 15 is 0 Å². The third-order valence-corrected chi connectivity index (χ3v) is 1.92. The molecule has 0 bridgehead atoms. The summed E-state index contributed by atoms with van der Waals surface area (Å²) in [5, 5.41) is 0. The average molecular weight is 202 g/mol. The van der Waals surface area contributed by atoms with Gasteiger partial charge >= 0.3 is 0 Å². The maximum atomic E-state index is 13.3. The van der Waals surface area contributed by atoms with E-state index in [9.17, 15) is 8.78 Å². The minimum absolute atomic E-state index is 0.0582. The number of ether oxygens (including phenoxy) is 1. The molecular formula is C9H12F2N2O. The molecule has 0 aromatic heterocycles. The Kier molecular flexibility index (Phi) is 3.38. The molecule has 0 aliphatic heterocycles. The third kappa shape index (κ3) is 2.00. The fourth-order valence-electron chi connectivity index (χ4n) is 1.11. The van der Waals surface area contributed by atoms with Crippen molar-refractivity contribution in [3.05, 3.63) is 29.3 Å². The zero-order valence-electron chi connectivity index (χ0n) is 7.76. The quantitative estimate of drug-likeness (QED) is 0.766. The number of methoxy groups -OCH3 is 1. The van der Waals surface area contributed by atoms with E-state index in [1.807, 2.05) is 0 Å². The van der Waals surface area contributed by atoms with Crippen LogP contribution in [0.2, 0.25) is 0 Å². The Morgan fingerprint density at radius 3 is 2.50 bits per heavy atom. The number of benzene rings is 1. The van der Waals surface area contributed by atoms with Crippen LogP contribution in [0.15, 0.2) is 12.1 Å². The second-order valence-electron chi connectivity index (χ2n) is 2.85. The average Bonchev–Trinajstić information content (AvgIpc) is 2.19. The van der Waals surface area contributed by atoms with Gasteiger partial charge in [0, 0.05) is 24.2 Å². The van der Waals surface area contributed by atoms with Gasteiger partial charge in [-0.3, -0.25) is 0 Å². The van der Waals surface area contributed by atoms with Gasteiger partial charge in [0.05, 0.1) is 7.11 Å². The molecule has 0 saturated heterocycles. The zero-order chi connectivity index (χ0) is 10.7. The zero-order valence-corrected chi connectivity index (χ0v) is 7.76. The number of hydrogen-bond acceptors (Lipinski definition) is 3. The first-order chi connectivity index (χ1) is 6.60. The van der Waals surface area contributed by atoms with Crippen LogP contribution in [-0.2, 0) is 0 Å². The first-order valence-corrected chi connectivity index (χ1v) is 4.08. The monoisotopic (exact) mass is 202 g/mol. The molecule has 0 amide bonds. The molecule has 0 saturated carbocycles. The van der Waals surface area contributed by atoms with Crippen molar-refractivity contribution in [2.75, 3.05) is 13.7 Å². The van der Waals surface area contributed by atoms with E-state index in [4.69, 9.17) is 11.5 Å². The molecule has 1 aromatic carbocycles. The lowest BCUT2D eigenvalue weighted by molar-refractivity contribution is 0.381. The van der Waals surface area contributed by atoms with Crippen molar-refractivity contribution in [3.8, 4) is 5.75 Å². The maximum Gasteiger partial charge on any atom is 0.165 e. The Balaban J connectivity index is 3.14. The summed E-state index contributed by atoms with van der Waals surface area (Å²) in [5.41, 5.74) is 10.8. The molecule has 14 heavy (non-hydrogen) atoms. The lowest BCUT2D eigenvalue weighted by Gasteiger charge is -2.11. The number of halogens is 2. The highest BCUT2D eigenvalue weighted by molar-refractivity contribution is 5.32. The lowest BCUT2D eigenvalue weighted by atomic mass is 10.1. The van der Waals surface area contributed by atoms with E-state index in [0.717, 1.165) is 12.1 Å². The summed E-state index contributed by atoms with van der Waals surface area (Å²) < 4.78 is 31.0. The summed E-state index contributed by atoms with van der Waals surface area (Å²) in [4.78, 5) is 0. The van der Waals surface area contributed by atoms with Gasteiger partial charge in [-0.2, -0.15) is 0 Å². The van der Waals surface area contributed by atoms with Crippen LogP contribution in [-0.4, -0.2) is 13.7 Å². The molecule has 0 aliphatic carbocycles. The molecule has 78 valence electrons. The summed E-state index contributed by atoms with van der Waals surface area (Å²) in [6.45, 7) is 0.0582. The van der Waals surface area contributed by atoms with Crippen molar-refractivity contribution in [1.82, 2.24) is 0 Å². The van der Waals surface area contributed by atoms with Crippen molar-refractivity contribution in [2.24, 2.45) is 11.5 Å². The molecule has 1 unspecified atom stereocenters. The Bertz CT molecular complexity index is 331. The van der Waals surface area contributed by atoms with E-state index in [0.29, 0.717) is 0 Å². The van der Waals surface area contributed by atoms with E-state index < -0.39 is 17.7 Å². The van der Waals surface area contributed by atoms with E-state index in [-0.39, 0.29) is 17.9 Å². The Labute approximate surface area is 80.7 Å². The predicted octanol–water partition coefficient (Wildman–Crippen LogP) is 0.932. The Morgan fingerprint density at radius 2 is 2.00 bits per heavy atom. The Hall–Kier alpha value is -1.20. The van der Waals surface area contributed by atoms with Gasteiger partial charge in [0.15, 0.2) is 11.6 Å². The highest BCUT2D eigenvalue weighted by Gasteiger charge is 2.14. The molecule has 0 heterocycles. The standard InChI is InChI=1S/C9H12F2N2O/c1-14-9-3-6(10)5(2-7(9)11)8(13)4-12/h2-3,8H,4,12-13H2,1H3. The molecule has 5 heteroatoms. The number of rotatable bonds is 3. The fourth-order valence-corrected chi connectivity index (χ4v) is 1.11. The first-order valence-electron chi connectivity index (χ1n) is 4.08. The van der Waals surface area contributed by atoms with Crippen molar-refractivity contribution in [2.45, 2.75) is 6.04 Å². The normalized spacial score (nSPS) is 12.6. The van der Waals surface area contributed by atoms with Crippen LogP contribution >= 0.6 is 0 Å². The first kappa shape index (κ1) is 10.9. The molecule has 0 fully saturated rings. The van der Waals surface area contributed by atoms with Crippen molar-refractivity contribution < 1.29 is 13.5 Å². The molecule has 0 radical (unpaired) electrons. The largest absolute Gasteiger partial charge is 0.494 e. The number of hydrogen-bond donors (Lipinski definition) is 2. The SMILES string of the molecule is COc1cc(F)c(C(N)CN)cc1F.